The average molecular weight is 334 g/mol. The van der Waals surface area contributed by atoms with Gasteiger partial charge in [0.25, 0.3) is 0 Å². The van der Waals surface area contributed by atoms with E-state index < -0.39 is 6.10 Å². The summed E-state index contributed by atoms with van der Waals surface area (Å²) >= 11 is 6.05. The second kappa shape index (κ2) is 9.56. The molecule has 1 unspecified atom stereocenters. The molecule has 1 N–H and O–H groups in total. The molecule has 0 fully saturated rings. The lowest BCUT2D eigenvalue weighted by molar-refractivity contribution is 0.0656. The van der Waals surface area contributed by atoms with Gasteiger partial charge in [-0.3, -0.25) is 4.90 Å². The highest BCUT2D eigenvalue weighted by Gasteiger charge is 2.13. The standard InChI is InChI=1S/C19H24ClNO2/c1-2-12-21(13-16-8-4-3-5-9-16)14-17(22)15-23-19-11-7-6-10-18(19)20/h3-11,17,22H,2,12-15H2,1H3. The molecule has 23 heavy (non-hydrogen) atoms. The molecule has 4 heteroatoms. The zero-order chi connectivity index (χ0) is 16.5. The zero-order valence-corrected chi connectivity index (χ0v) is 14.2. The minimum atomic E-state index is -0.554. The van der Waals surface area contributed by atoms with Gasteiger partial charge in [-0.1, -0.05) is 61.0 Å². The van der Waals surface area contributed by atoms with Crippen LogP contribution in [0.15, 0.2) is 54.6 Å². The fourth-order valence-electron chi connectivity index (χ4n) is 2.49. The van der Waals surface area contributed by atoms with Crippen LogP contribution in [-0.4, -0.2) is 35.8 Å². The fraction of sp³-hybridized carbons (Fsp3) is 0.368. The van der Waals surface area contributed by atoms with Gasteiger partial charge in [0.1, 0.15) is 18.5 Å². The molecule has 0 bridgehead atoms. The van der Waals surface area contributed by atoms with Crippen molar-refractivity contribution in [2.24, 2.45) is 0 Å². The number of hydrogen-bond acceptors (Lipinski definition) is 3. The van der Waals surface area contributed by atoms with E-state index in [-0.39, 0.29) is 6.61 Å². The molecule has 0 aliphatic rings. The molecule has 0 radical (unpaired) electrons. The Morgan fingerprint density at radius 1 is 1.09 bits per heavy atom. The fourth-order valence-corrected chi connectivity index (χ4v) is 2.68. The van der Waals surface area contributed by atoms with Crippen molar-refractivity contribution in [1.29, 1.82) is 0 Å². The molecule has 3 nitrogen and oxygen atoms in total. The summed E-state index contributed by atoms with van der Waals surface area (Å²) in [7, 11) is 0. The van der Waals surface area contributed by atoms with E-state index in [4.69, 9.17) is 16.3 Å². The first-order valence-corrected chi connectivity index (χ1v) is 8.38. The van der Waals surface area contributed by atoms with Gasteiger partial charge in [-0.25, -0.2) is 0 Å². The Balaban J connectivity index is 1.85. The Morgan fingerprint density at radius 3 is 2.48 bits per heavy atom. The summed E-state index contributed by atoms with van der Waals surface area (Å²) in [6.45, 7) is 4.73. The molecule has 1 atom stereocenters. The van der Waals surface area contributed by atoms with Crippen LogP contribution in [0.3, 0.4) is 0 Å². The van der Waals surface area contributed by atoms with E-state index in [1.54, 1.807) is 6.07 Å². The molecule has 0 aliphatic carbocycles. The SMILES string of the molecule is CCCN(Cc1ccccc1)CC(O)COc1ccccc1Cl. The van der Waals surface area contributed by atoms with E-state index in [2.05, 4.69) is 24.0 Å². The molecule has 0 aromatic heterocycles. The van der Waals surface area contributed by atoms with Crippen molar-refractivity contribution in [2.75, 3.05) is 19.7 Å². The van der Waals surface area contributed by atoms with Crippen LogP contribution in [0.5, 0.6) is 5.75 Å². The number of ether oxygens (including phenoxy) is 1. The summed E-state index contributed by atoms with van der Waals surface area (Å²) in [5, 5.41) is 10.8. The van der Waals surface area contributed by atoms with Crippen molar-refractivity contribution in [3.05, 3.63) is 65.2 Å². The third kappa shape index (κ3) is 6.22. The van der Waals surface area contributed by atoms with E-state index in [0.717, 1.165) is 19.5 Å². The maximum Gasteiger partial charge on any atom is 0.138 e. The van der Waals surface area contributed by atoms with E-state index in [0.29, 0.717) is 17.3 Å². The highest BCUT2D eigenvalue weighted by atomic mass is 35.5. The molecule has 2 rings (SSSR count). The highest BCUT2D eigenvalue weighted by molar-refractivity contribution is 6.32. The molecule has 0 amide bonds. The van der Waals surface area contributed by atoms with Crippen molar-refractivity contribution in [3.63, 3.8) is 0 Å². The first kappa shape index (κ1) is 17.8. The predicted octanol–water partition coefficient (Wildman–Crippen LogP) is 3.99. The van der Waals surface area contributed by atoms with Crippen LogP contribution in [0.1, 0.15) is 18.9 Å². The summed E-state index contributed by atoms with van der Waals surface area (Å²) < 4.78 is 5.62. The third-order valence-corrected chi connectivity index (χ3v) is 3.84. The molecule has 2 aromatic carbocycles. The molecular weight excluding hydrogens is 310 g/mol. The molecular formula is C19H24ClNO2. The van der Waals surface area contributed by atoms with Gasteiger partial charge in [0, 0.05) is 13.1 Å². The first-order chi connectivity index (χ1) is 11.2. The summed E-state index contributed by atoms with van der Waals surface area (Å²) in [6.07, 6.45) is 0.492. The van der Waals surface area contributed by atoms with Crippen molar-refractivity contribution in [2.45, 2.75) is 26.0 Å². The Kier molecular flexibility index (Phi) is 7.40. The van der Waals surface area contributed by atoms with Gasteiger partial charge in [-0.2, -0.15) is 0 Å². The minimum absolute atomic E-state index is 0.235. The largest absolute Gasteiger partial charge is 0.489 e. The van der Waals surface area contributed by atoms with Gasteiger partial charge >= 0.3 is 0 Å². The van der Waals surface area contributed by atoms with Crippen molar-refractivity contribution in [1.82, 2.24) is 4.90 Å². The Bertz CT molecular complexity index is 577. The van der Waals surface area contributed by atoms with Gasteiger partial charge < -0.3 is 9.84 Å². The van der Waals surface area contributed by atoms with Crippen LogP contribution >= 0.6 is 11.6 Å². The maximum absolute atomic E-state index is 10.3. The van der Waals surface area contributed by atoms with Gasteiger partial charge in [-0.05, 0) is 30.7 Å². The van der Waals surface area contributed by atoms with E-state index in [1.165, 1.54) is 5.56 Å². The molecule has 2 aromatic rings. The van der Waals surface area contributed by atoms with Crippen molar-refractivity contribution in [3.8, 4) is 5.75 Å². The Hall–Kier alpha value is -1.55. The highest BCUT2D eigenvalue weighted by Crippen LogP contribution is 2.23. The number of para-hydroxylation sites is 1. The smallest absolute Gasteiger partial charge is 0.138 e. The summed E-state index contributed by atoms with van der Waals surface area (Å²) in [5.41, 5.74) is 1.25. The minimum Gasteiger partial charge on any atom is -0.489 e. The third-order valence-electron chi connectivity index (χ3n) is 3.53. The lowest BCUT2D eigenvalue weighted by Crippen LogP contribution is -2.35. The number of hydrogen-bond donors (Lipinski definition) is 1. The molecule has 0 spiro atoms. The zero-order valence-electron chi connectivity index (χ0n) is 13.5. The van der Waals surface area contributed by atoms with Gasteiger partial charge in [0.2, 0.25) is 0 Å². The Labute approximate surface area is 143 Å². The normalized spacial score (nSPS) is 12.3. The summed E-state index contributed by atoms with van der Waals surface area (Å²) in [6, 6.07) is 17.6. The number of aliphatic hydroxyl groups is 1. The summed E-state index contributed by atoms with van der Waals surface area (Å²) in [5.74, 6) is 0.610. The quantitative estimate of drug-likeness (QED) is 0.753. The van der Waals surface area contributed by atoms with Crippen LogP contribution in [-0.2, 0) is 6.54 Å². The lowest BCUT2D eigenvalue weighted by Gasteiger charge is -2.25. The van der Waals surface area contributed by atoms with Crippen molar-refractivity contribution >= 4 is 11.6 Å². The molecule has 124 valence electrons. The molecule has 0 aliphatic heterocycles. The van der Waals surface area contributed by atoms with Crippen LogP contribution in [0.25, 0.3) is 0 Å². The molecule has 0 saturated carbocycles. The average Bonchev–Trinajstić information content (AvgIpc) is 2.55. The lowest BCUT2D eigenvalue weighted by atomic mass is 10.2. The van der Waals surface area contributed by atoms with Crippen molar-refractivity contribution < 1.29 is 9.84 Å². The van der Waals surface area contributed by atoms with Crippen LogP contribution < -0.4 is 4.74 Å². The van der Waals surface area contributed by atoms with Gasteiger partial charge in [-0.15, -0.1) is 0 Å². The number of halogens is 1. The van der Waals surface area contributed by atoms with Crippen LogP contribution in [0, 0.1) is 0 Å². The second-order valence-corrected chi connectivity index (χ2v) is 6.02. The molecule has 0 saturated heterocycles. The number of benzene rings is 2. The van der Waals surface area contributed by atoms with Crippen LogP contribution in [0.4, 0.5) is 0 Å². The van der Waals surface area contributed by atoms with Gasteiger partial charge in [0.05, 0.1) is 5.02 Å². The Morgan fingerprint density at radius 2 is 1.78 bits per heavy atom. The topological polar surface area (TPSA) is 32.7 Å². The van der Waals surface area contributed by atoms with Crippen LogP contribution in [0.2, 0.25) is 5.02 Å². The second-order valence-electron chi connectivity index (χ2n) is 5.62. The maximum atomic E-state index is 10.3. The van der Waals surface area contributed by atoms with E-state index >= 15 is 0 Å². The van der Waals surface area contributed by atoms with E-state index in [9.17, 15) is 5.11 Å². The monoisotopic (exact) mass is 333 g/mol. The van der Waals surface area contributed by atoms with E-state index in [1.807, 2.05) is 36.4 Å². The molecule has 0 heterocycles. The number of rotatable bonds is 9. The first-order valence-electron chi connectivity index (χ1n) is 8.00. The predicted molar refractivity (Wildman–Crippen MR) is 95.0 cm³/mol. The van der Waals surface area contributed by atoms with Gasteiger partial charge in [0.15, 0.2) is 0 Å². The number of aliphatic hydroxyl groups excluding tert-OH is 1. The summed E-state index contributed by atoms with van der Waals surface area (Å²) in [4.78, 5) is 2.25. The number of nitrogens with zero attached hydrogens (tertiary/aromatic N) is 1.